The highest BCUT2D eigenvalue weighted by molar-refractivity contribution is 6.34. The minimum Gasteiger partial charge on any atom is -0.288 e. The highest BCUT2D eigenvalue weighted by Gasteiger charge is 2.12. The van der Waals surface area contributed by atoms with Crippen molar-refractivity contribution < 1.29 is 4.79 Å². The lowest BCUT2D eigenvalue weighted by Crippen LogP contribution is -2.01. The number of halogens is 1. The number of rotatable bonds is 2. The maximum Gasteiger partial charge on any atom is 0.202 e. The van der Waals surface area contributed by atoms with Gasteiger partial charge in [-0.1, -0.05) is 41.4 Å². The molecule has 0 spiro atoms. The molecule has 2 rings (SSSR count). The van der Waals surface area contributed by atoms with Crippen LogP contribution in [0.25, 0.3) is 0 Å². The van der Waals surface area contributed by atoms with Gasteiger partial charge >= 0.3 is 0 Å². The smallest absolute Gasteiger partial charge is 0.202 e. The second kappa shape index (κ2) is 4.38. The summed E-state index contributed by atoms with van der Waals surface area (Å²) in [6, 6.07) is 16.1. The topological polar surface area (TPSA) is 17.1 Å². The lowest BCUT2D eigenvalue weighted by molar-refractivity contribution is 0.103. The van der Waals surface area contributed by atoms with E-state index in [9.17, 15) is 4.79 Å². The van der Waals surface area contributed by atoms with Crippen molar-refractivity contribution in [3.63, 3.8) is 0 Å². The summed E-state index contributed by atoms with van der Waals surface area (Å²) in [5, 5.41) is 0.466. The Morgan fingerprint density at radius 2 is 2.12 bits per heavy atom. The number of ketones is 1. The van der Waals surface area contributed by atoms with Crippen LogP contribution in [-0.4, -0.2) is 5.78 Å². The molecule has 2 aromatic carbocycles. The predicted molar refractivity (Wildman–Crippen MR) is 63.7 cm³/mol. The number of hydrogen-bond acceptors (Lipinski definition) is 1. The lowest BCUT2D eigenvalue weighted by Gasteiger charge is -2.03. The average molecular weight is 229 g/mol. The highest BCUT2D eigenvalue weighted by Crippen LogP contribution is 2.20. The van der Waals surface area contributed by atoms with Crippen molar-refractivity contribution in [1.29, 1.82) is 0 Å². The molecule has 16 heavy (non-hydrogen) atoms. The molecule has 0 atom stereocenters. The fourth-order valence-electron chi connectivity index (χ4n) is 1.44. The van der Waals surface area contributed by atoms with E-state index in [2.05, 4.69) is 12.1 Å². The minimum atomic E-state index is -0.120. The van der Waals surface area contributed by atoms with E-state index in [-0.39, 0.29) is 5.78 Å². The molecule has 0 aromatic heterocycles. The molecule has 0 amide bonds. The molecule has 0 bridgehead atoms. The minimum absolute atomic E-state index is 0.120. The van der Waals surface area contributed by atoms with Crippen molar-refractivity contribution in [3.8, 4) is 0 Å². The van der Waals surface area contributed by atoms with Crippen LogP contribution in [-0.2, 0) is 0 Å². The van der Waals surface area contributed by atoms with E-state index in [1.54, 1.807) is 30.3 Å². The van der Waals surface area contributed by atoms with Crippen LogP contribution in [0.15, 0.2) is 36.4 Å². The molecule has 1 nitrogen and oxygen atoms in total. The molecule has 0 radical (unpaired) electrons. The standard InChI is InChI=1S/C14H9ClO/c1-10-7-8-13(15)12(9-10)14(16)11-5-3-2-4-6-11/h2-3,5,7-9H,1H3. The molecule has 0 saturated heterocycles. The van der Waals surface area contributed by atoms with Crippen molar-refractivity contribution in [2.75, 3.05) is 0 Å². The van der Waals surface area contributed by atoms with Crippen molar-refractivity contribution in [3.05, 3.63) is 70.2 Å². The van der Waals surface area contributed by atoms with Crippen molar-refractivity contribution >= 4 is 17.4 Å². The van der Waals surface area contributed by atoms with E-state index in [0.29, 0.717) is 16.1 Å². The van der Waals surface area contributed by atoms with Crippen molar-refractivity contribution in [1.82, 2.24) is 0 Å². The van der Waals surface area contributed by atoms with E-state index < -0.39 is 0 Å². The van der Waals surface area contributed by atoms with Crippen LogP contribution >= 0.6 is 11.6 Å². The number of hydrogen-bond donors (Lipinski definition) is 0. The van der Waals surface area contributed by atoms with Gasteiger partial charge in [-0.2, -0.15) is 0 Å². The summed E-state index contributed by atoms with van der Waals surface area (Å²) in [6.45, 7) is 1.92. The van der Waals surface area contributed by atoms with Crippen LogP contribution in [0.2, 0.25) is 5.02 Å². The van der Waals surface area contributed by atoms with E-state index in [0.717, 1.165) is 5.56 Å². The zero-order valence-corrected chi connectivity index (χ0v) is 9.51. The molecular weight excluding hydrogens is 220 g/mol. The number of aryl methyl sites for hydroxylation is 1. The van der Waals surface area contributed by atoms with Crippen LogP contribution in [0.4, 0.5) is 0 Å². The second-order valence-electron chi connectivity index (χ2n) is 3.52. The van der Waals surface area contributed by atoms with E-state index in [4.69, 9.17) is 11.6 Å². The molecule has 0 aliphatic heterocycles. The fourth-order valence-corrected chi connectivity index (χ4v) is 1.65. The quantitative estimate of drug-likeness (QED) is 0.720. The Hall–Kier alpha value is -1.78. The highest BCUT2D eigenvalue weighted by atomic mass is 35.5. The summed E-state index contributed by atoms with van der Waals surface area (Å²) >= 11 is 6.00. The third kappa shape index (κ3) is 2.08. The zero-order chi connectivity index (χ0) is 11.5. The first kappa shape index (κ1) is 10.7. The Morgan fingerprint density at radius 1 is 1.31 bits per heavy atom. The number of carbonyl (C=O) groups excluding carboxylic acids is 1. The Morgan fingerprint density at radius 3 is 2.81 bits per heavy atom. The molecule has 0 saturated carbocycles. The largest absolute Gasteiger partial charge is 0.288 e. The molecule has 2 heteroatoms. The summed E-state index contributed by atoms with van der Waals surface area (Å²) < 4.78 is 0. The van der Waals surface area contributed by atoms with Crippen molar-refractivity contribution in [2.24, 2.45) is 0 Å². The van der Waals surface area contributed by atoms with Gasteiger partial charge in [-0.05, 0) is 31.2 Å². The number of benzene rings is 1. The molecular formula is C14H9ClO. The maximum atomic E-state index is 12.1. The Bertz CT molecular complexity index is 518. The normalized spacial score (nSPS) is 9.62. The van der Waals surface area contributed by atoms with Gasteiger partial charge in [0, 0.05) is 5.56 Å². The summed E-state index contributed by atoms with van der Waals surface area (Å²) in [7, 11) is 0. The van der Waals surface area contributed by atoms with Crippen LogP contribution in [0.3, 0.4) is 0 Å². The summed E-state index contributed by atoms with van der Waals surface area (Å²) in [5.41, 5.74) is 2.00. The first-order valence-electron chi connectivity index (χ1n) is 4.88. The summed E-state index contributed by atoms with van der Waals surface area (Å²) in [6.07, 6.45) is 0. The van der Waals surface area contributed by atoms with Crippen LogP contribution in [0.1, 0.15) is 21.5 Å². The van der Waals surface area contributed by atoms with Gasteiger partial charge in [0.1, 0.15) is 0 Å². The van der Waals surface area contributed by atoms with Gasteiger partial charge in [-0.15, -0.1) is 0 Å². The van der Waals surface area contributed by atoms with Crippen LogP contribution in [0.5, 0.6) is 0 Å². The van der Waals surface area contributed by atoms with Gasteiger partial charge in [-0.3, -0.25) is 4.79 Å². The van der Waals surface area contributed by atoms with Gasteiger partial charge < -0.3 is 0 Å². The Balaban J connectivity index is 2.46. The first-order chi connectivity index (χ1) is 7.68. The summed E-state index contributed by atoms with van der Waals surface area (Å²) in [5.74, 6) is -0.120. The lowest BCUT2D eigenvalue weighted by atomic mass is 10.0. The zero-order valence-electron chi connectivity index (χ0n) is 8.75. The molecule has 0 unspecified atom stereocenters. The third-order valence-corrected chi connectivity index (χ3v) is 2.59. The molecule has 78 valence electrons. The molecule has 2 aromatic rings. The molecule has 0 aliphatic carbocycles. The number of carbonyl (C=O) groups is 1. The SMILES string of the molecule is Cc1ccc(Cl)c(C(=O)c2c#cccc2)c1. The Kier molecular flexibility index (Phi) is 2.94. The average Bonchev–Trinajstić information content (AvgIpc) is 2.32. The molecule has 0 heterocycles. The Labute approximate surface area is 99.7 Å². The molecule has 0 fully saturated rings. The first-order valence-corrected chi connectivity index (χ1v) is 5.25. The monoisotopic (exact) mass is 228 g/mol. The van der Waals surface area contributed by atoms with Crippen LogP contribution < -0.4 is 0 Å². The van der Waals surface area contributed by atoms with E-state index in [1.807, 2.05) is 13.0 Å². The maximum absolute atomic E-state index is 12.1. The van der Waals surface area contributed by atoms with Gasteiger partial charge in [0.25, 0.3) is 0 Å². The predicted octanol–water partition coefficient (Wildman–Crippen LogP) is 3.48. The van der Waals surface area contributed by atoms with Crippen LogP contribution in [0, 0.1) is 19.1 Å². The summed E-state index contributed by atoms with van der Waals surface area (Å²) in [4.78, 5) is 12.1. The molecule has 0 aliphatic rings. The van der Waals surface area contributed by atoms with E-state index >= 15 is 0 Å². The van der Waals surface area contributed by atoms with Gasteiger partial charge in [0.2, 0.25) is 5.78 Å². The molecule has 0 N–H and O–H groups in total. The fraction of sp³-hybridized carbons (Fsp3) is 0.0714. The van der Waals surface area contributed by atoms with E-state index in [1.165, 1.54) is 0 Å². The van der Waals surface area contributed by atoms with Gasteiger partial charge in [0.05, 0.1) is 10.6 Å². The van der Waals surface area contributed by atoms with Crippen molar-refractivity contribution in [2.45, 2.75) is 6.92 Å². The third-order valence-electron chi connectivity index (χ3n) is 2.26. The van der Waals surface area contributed by atoms with Gasteiger partial charge in [0.15, 0.2) is 0 Å². The van der Waals surface area contributed by atoms with Gasteiger partial charge in [-0.25, -0.2) is 0 Å². The second-order valence-corrected chi connectivity index (χ2v) is 3.93.